The van der Waals surface area contributed by atoms with Gasteiger partial charge in [0.1, 0.15) is 5.76 Å². The highest BCUT2D eigenvalue weighted by Crippen LogP contribution is 2.21. The van der Waals surface area contributed by atoms with Crippen molar-refractivity contribution in [3.63, 3.8) is 0 Å². The van der Waals surface area contributed by atoms with Crippen molar-refractivity contribution in [2.24, 2.45) is 5.92 Å². The van der Waals surface area contributed by atoms with Crippen molar-refractivity contribution in [2.75, 3.05) is 20.2 Å². The van der Waals surface area contributed by atoms with Gasteiger partial charge in [-0.2, -0.15) is 0 Å². The Morgan fingerprint density at radius 3 is 3.00 bits per heavy atom. The van der Waals surface area contributed by atoms with Crippen LogP contribution in [0.3, 0.4) is 0 Å². The van der Waals surface area contributed by atoms with Crippen LogP contribution in [0.5, 0.6) is 0 Å². The Kier molecular flexibility index (Phi) is 5.64. The van der Waals surface area contributed by atoms with Gasteiger partial charge in [0.15, 0.2) is 0 Å². The summed E-state index contributed by atoms with van der Waals surface area (Å²) in [4.78, 5) is 2.42. The third-order valence-corrected chi connectivity index (χ3v) is 4.08. The maximum absolute atomic E-state index is 5.67. The first-order valence-corrected chi connectivity index (χ1v) is 7.63. The molecule has 1 saturated heterocycles. The molecule has 1 aromatic rings. The lowest BCUT2D eigenvalue weighted by molar-refractivity contribution is -0.00916. The summed E-state index contributed by atoms with van der Waals surface area (Å²) in [6.07, 6.45) is 3.41. The SMILES string of the molecule is COC1CN(Cc2cc(CNC(C)C)co2)CCC1C. The monoisotopic (exact) mass is 280 g/mol. The molecule has 20 heavy (non-hydrogen) atoms. The first-order valence-electron chi connectivity index (χ1n) is 7.63. The zero-order valence-corrected chi connectivity index (χ0v) is 13.2. The molecule has 4 nitrogen and oxygen atoms in total. The molecule has 1 aliphatic heterocycles. The van der Waals surface area contributed by atoms with E-state index in [0.717, 1.165) is 31.9 Å². The van der Waals surface area contributed by atoms with Gasteiger partial charge in [-0.3, -0.25) is 4.90 Å². The van der Waals surface area contributed by atoms with Crippen LogP contribution in [0.25, 0.3) is 0 Å². The Balaban J connectivity index is 1.84. The number of piperidine rings is 1. The second-order valence-corrected chi connectivity index (χ2v) is 6.23. The van der Waals surface area contributed by atoms with Crippen LogP contribution in [-0.2, 0) is 17.8 Å². The molecule has 0 aromatic carbocycles. The number of ether oxygens (including phenoxy) is 1. The summed E-state index contributed by atoms with van der Waals surface area (Å²) >= 11 is 0. The van der Waals surface area contributed by atoms with Gasteiger partial charge >= 0.3 is 0 Å². The summed E-state index contributed by atoms with van der Waals surface area (Å²) in [5.41, 5.74) is 1.22. The standard InChI is InChI=1S/C16H28N2O2/c1-12(2)17-8-14-7-15(20-11-14)9-18-6-5-13(3)16(10-18)19-4/h7,11-13,16-17H,5-6,8-10H2,1-4H3. The topological polar surface area (TPSA) is 37.6 Å². The van der Waals surface area contributed by atoms with Crippen molar-refractivity contribution >= 4 is 0 Å². The smallest absolute Gasteiger partial charge is 0.118 e. The molecule has 2 heterocycles. The van der Waals surface area contributed by atoms with Crippen molar-refractivity contribution in [1.82, 2.24) is 10.2 Å². The summed E-state index contributed by atoms with van der Waals surface area (Å²) in [5, 5.41) is 3.41. The fourth-order valence-electron chi connectivity index (χ4n) is 2.69. The van der Waals surface area contributed by atoms with Crippen molar-refractivity contribution < 1.29 is 9.15 Å². The van der Waals surface area contributed by atoms with Crippen LogP contribution < -0.4 is 5.32 Å². The van der Waals surface area contributed by atoms with E-state index in [1.165, 1.54) is 12.0 Å². The zero-order chi connectivity index (χ0) is 14.5. The highest BCUT2D eigenvalue weighted by atomic mass is 16.5. The van der Waals surface area contributed by atoms with Gasteiger partial charge in [-0.05, 0) is 24.9 Å². The number of hydrogen-bond donors (Lipinski definition) is 1. The second-order valence-electron chi connectivity index (χ2n) is 6.23. The lowest BCUT2D eigenvalue weighted by atomic mass is 9.96. The summed E-state index contributed by atoms with van der Waals surface area (Å²) in [6.45, 7) is 10.5. The van der Waals surface area contributed by atoms with Crippen molar-refractivity contribution in [1.29, 1.82) is 0 Å². The molecule has 0 amide bonds. The van der Waals surface area contributed by atoms with Crippen LogP contribution in [0.1, 0.15) is 38.5 Å². The zero-order valence-electron chi connectivity index (χ0n) is 13.2. The van der Waals surface area contributed by atoms with Crippen LogP contribution in [0.15, 0.2) is 16.7 Å². The second kappa shape index (κ2) is 7.25. The molecular weight excluding hydrogens is 252 g/mol. The van der Waals surface area contributed by atoms with Crippen LogP contribution in [-0.4, -0.2) is 37.2 Å². The minimum absolute atomic E-state index is 0.348. The minimum atomic E-state index is 0.348. The van der Waals surface area contributed by atoms with E-state index in [2.05, 4.69) is 37.1 Å². The highest BCUT2D eigenvalue weighted by molar-refractivity contribution is 5.12. The van der Waals surface area contributed by atoms with Crippen LogP contribution >= 0.6 is 0 Å². The van der Waals surface area contributed by atoms with E-state index in [1.807, 2.05) is 13.4 Å². The van der Waals surface area contributed by atoms with Gasteiger partial charge in [0.25, 0.3) is 0 Å². The van der Waals surface area contributed by atoms with Gasteiger partial charge in [-0.25, -0.2) is 0 Å². The third-order valence-electron chi connectivity index (χ3n) is 4.08. The van der Waals surface area contributed by atoms with Crippen LogP contribution in [0.4, 0.5) is 0 Å². The molecule has 2 atom stereocenters. The van der Waals surface area contributed by atoms with Gasteiger partial charge in [0, 0.05) is 31.8 Å². The molecule has 4 heteroatoms. The molecule has 0 spiro atoms. The van der Waals surface area contributed by atoms with E-state index < -0.39 is 0 Å². The summed E-state index contributed by atoms with van der Waals surface area (Å²) in [7, 11) is 1.81. The summed E-state index contributed by atoms with van der Waals surface area (Å²) in [6, 6.07) is 2.66. The number of hydrogen-bond acceptors (Lipinski definition) is 4. The molecule has 2 rings (SSSR count). The quantitative estimate of drug-likeness (QED) is 0.869. The van der Waals surface area contributed by atoms with E-state index in [4.69, 9.17) is 9.15 Å². The highest BCUT2D eigenvalue weighted by Gasteiger charge is 2.26. The van der Waals surface area contributed by atoms with Crippen LogP contribution in [0.2, 0.25) is 0 Å². The maximum Gasteiger partial charge on any atom is 0.118 e. The van der Waals surface area contributed by atoms with Gasteiger partial charge in [0.05, 0.1) is 18.9 Å². The van der Waals surface area contributed by atoms with Gasteiger partial charge in [0.2, 0.25) is 0 Å². The fourth-order valence-corrected chi connectivity index (χ4v) is 2.69. The molecule has 1 aliphatic rings. The first kappa shape index (κ1) is 15.5. The Morgan fingerprint density at radius 2 is 2.30 bits per heavy atom. The largest absolute Gasteiger partial charge is 0.468 e. The lowest BCUT2D eigenvalue weighted by Gasteiger charge is -2.35. The number of furan rings is 1. The maximum atomic E-state index is 5.67. The van der Waals surface area contributed by atoms with Gasteiger partial charge in [-0.1, -0.05) is 20.8 Å². The van der Waals surface area contributed by atoms with Gasteiger partial charge < -0.3 is 14.5 Å². The number of nitrogens with one attached hydrogen (secondary N) is 1. The van der Waals surface area contributed by atoms with Crippen molar-refractivity contribution in [3.8, 4) is 0 Å². The normalized spacial score (nSPS) is 24.4. The Hall–Kier alpha value is -0.840. The lowest BCUT2D eigenvalue weighted by Crippen LogP contribution is -2.43. The van der Waals surface area contributed by atoms with E-state index in [0.29, 0.717) is 18.1 Å². The summed E-state index contributed by atoms with van der Waals surface area (Å²) in [5.74, 6) is 1.70. The van der Waals surface area contributed by atoms with Crippen LogP contribution in [0, 0.1) is 5.92 Å². The molecule has 1 aromatic heterocycles. The Labute approximate surface area is 122 Å². The number of likely N-dealkylation sites (tertiary alicyclic amines) is 1. The minimum Gasteiger partial charge on any atom is -0.468 e. The number of rotatable bonds is 6. The predicted molar refractivity (Wildman–Crippen MR) is 80.5 cm³/mol. The molecule has 0 saturated carbocycles. The molecule has 0 aliphatic carbocycles. The predicted octanol–water partition coefficient (Wildman–Crippen LogP) is 2.63. The third kappa shape index (κ3) is 4.33. The van der Waals surface area contributed by atoms with E-state index in [9.17, 15) is 0 Å². The van der Waals surface area contributed by atoms with Crippen molar-refractivity contribution in [2.45, 2.75) is 52.4 Å². The number of methoxy groups -OCH3 is 1. The average Bonchev–Trinajstić information content (AvgIpc) is 2.86. The number of nitrogens with zero attached hydrogens (tertiary/aromatic N) is 1. The Bertz CT molecular complexity index is 403. The fraction of sp³-hybridized carbons (Fsp3) is 0.750. The first-order chi connectivity index (χ1) is 9.58. The summed E-state index contributed by atoms with van der Waals surface area (Å²) < 4.78 is 11.2. The molecule has 1 fully saturated rings. The molecule has 0 radical (unpaired) electrons. The molecule has 1 N–H and O–H groups in total. The van der Waals surface area contributed by atoms with Crippen molar-refractivity contribution in [3.05, 3.63) is 23.7 Å². The van der Waals surface area contributed by atoms with E-state index >= 15 is 0 Å². The van der Waals surface area contributed by atoms with E-state index in [1.54, 1.807) is 0 Å². The molecular formula is C16H28N2O2. The van der Waals surface area contributed by atoms with Gasteiger partial charge in [-0.15, -0.1) is 0 Å². The Morgan fingerprint density at radius 1 is 1.50 bits per heavy atom. The van der Waals surface area contributed by atoms with E-state index in [-0.39, 0.29) is 0 Å². The molecule has 0 bridgehead atoms. The molecule has 2 unspecified atom stereocenters. The average molecular weight is 280 g/mol. The molecule has 114 valence electrons.